The standard InChI is InChI=1S/C8H16N2OS2/c1-13-6-4-8(11)10-5-2-3-7(9)12/h2-6H2,1H3,(H2,9,12)(H,10,11). The van der Waals surface area contributed by atoms with Crippen molar-refractivity contribution in [2.75, 3.05) is 18.6 Å². The van der Waals surface area contributed by atoms with Crippen LogP contribution in [0.25, 0.3) is 0 Å². The molecule has 0 spiro atoms. The van der Waals surface area contributed by atoms with Gasteiger partial charge in [-0.15, -0.1) is 0 Å². The Morgan fingerprint density at radius 2 is 2.23 bits per heavy atom. The van der Waals surface area contributed by atoms with Gasteiger partial charge in [-0.3, -0.25) is 4.79 Å². The molecule has 3 nitrogen and oxygen atoms in total. The molecule has 0 bridgehead atoms. The highest BCUT2D eigenvalue weighted by molar-refractivity contribution is 7.98. The molecule has 0 aromatic rings. The van der Waals surface area contributed by atoms with Crippen molar-refractivity contribution >= 4 is 34.9 Å². The summed E-state index contributed by atoms with van der Waals surface area (Å²) in [6.07, 6.45) is 4.12. The maximum atomic E-state index is 11.1. The van der Waals surface area contributed by atoms with Gasteiger partial charge in [0, 0.05) is 18.7 Å². The van der Waals surface area contributed by atoms with Crippen molar-refractivity contribution in [2.45, 2.75) is 19.3 Å². The average molecular weight is 220 g/mol. The highest BCUT2D eigenvalue weighted by atomic mass is 32.2. The fourth-order valence-electron chi connectivity index (χ4n) is 0.774. The Hall–Kier alpha value is -0.290. The summed E-state index contributed by atoms with van der Waals surface area (Å²) < 4.78 is 0. The normalized spacial score (nSPS) is 9.62. The fraction of sp³-hybridized carbons (Fsp3) is 0.750. The van der Waals surface area contributed by atoms with E-state index >= 15 is 0 Å². The van der Waals surface area contributed by atoms with E-state index in [-0.39, 0.29) is 5.91 Å². The van der Waals surface area contributed by atoms with E-state index in [9.17, 15) is 4.79 Å². The zero-order valence-corrected chi connectivity index (χ0v) is 9.47. The first kappa shape index (κ1) is 12.7. The number of amides is 1. The maximum absolute atomic E-state index is 11.1. The summed E-state index contributed by atoms with van der Waals surface area (Å²) in [5.41, 5.74) is 5.30. The first-order chi connectivity index (χ1) is 6.16. The smallest absolute Gasteiger partial charge is 0.220 e. The Labute approximate surface area is 88.8 Å². The quantitative estimate of drug-likeness (QED) is 0.495. The van der Waals surface area contributed by atoms with Gasteiger partial charge in [0.15, 0.2) is 0 Å². The largest absolute Gasteiger partial charge is 0.393 e. The van der Waals surface area contributed by atoms with Crippen LogP contribution in [-0.4, -0.2) is 29.4 Å². The molecule has 0 saturated carbocycles. The second-order valence-electron chi connectivity index (χ2n) is 2.66. The third-order valence-corrected chi connectivity index (χ3v) is 2.27. The third kappa shape index (κ3) is 9.63. The Balaban J connectivity index is 3.22. The summed E-state index contributed by atoms with van der Waals surface area (Å²) in [7, 11) is 0. The van der Waals surface area contributed by atoms with Crippen LogP contribution in [0.2, 0.25) is 0 Å². The number of nitrogens with two attached hydrogens (primary N) is 1. The van der Waals surface area contributed by atoms with Crippen LogP contribution in [0.5, 0.6) is 0 Å². The minimum atomic E-state index is 0.109. The van der Waals surface area contributed by atoms with E-state index in [1.165, 1.54) is 0 Å². The number of hydrogen-bond donors (Lipinski definition) is 2. The van der Waals surface area contributed by atoms with Crippen LogP contribution in [0.4, 0.5) is 0 Å². The van der Waals surface area contributed by atoms with E-state index in [1.54, 1.807) is 11.8 Å². The van der Waals surface area contributed by atoms with Crippen LogP contribution in [0.1, 0.15) is 19.3 Å². The van der Waals surface area contributed by atoms with E-state index in [1.807, 2.05) is 6.26 Å². The Bertz CT molecular complexity index is 174. The minimum absolute atomic E-state index is 0.109. The number of rotatable bonds is 7. The van der Waals surface area contributed by atoms with Crippen LogP contribution in [-0.2, 0) is 4.79 Å². The van der Waals surface area contributed by atoms with Crippen LogP contribution in [0.3, 0.4) is 0 Å². The Morgan fingerprint density at radius 1 is 1.54 bits per heavy atom. The molecule has 3 N–H and O–H groups in total. The van der Waals surface area contributed by atoms with Crippen LogP contribution in [0.15, 0.2) is 0 Å². The van der Waals surface area contributed by atoms with Crippen molar-refractivity contribution < 1.29 is 4.79 Å². The van der Waals surface area contributed by atoms with Crippen molar-refractivity contribution in [3.8, 4) is 0 Å². The van der Waals surface area contributed by atoms with Gasteiger partial charge >= 0.3 is 0 Å². The van der Waals surface area contributed by atoms with Gasteiger partial charge in [0.25, 0.3) is 0 Å². The molecule has 0 aliphatic heterocycles. The highest BCUT2D eigenvalue weighted by Gasteiger charge is 1.98. The molecule has 0 unspecified atom stereocenters. The molecule has 0 aliphatic carbocycles. The second kappa shape index (κ2) is 8.31. The molecule has 13 heavy (non-hydrogen) atoms. The highest BCUT2D eigenvalue weighted by Crippen LogP contribution is 1.95. The lowest BCUT2D eigenvalue weighted by Crippen LogP contribution is -2.25. The van der Waals surface area contributed by atoms with E-state index < -0.39 is 0 Å². The maximum Gasteiger partial charge on any atom is 0.220 e. The summed E-state index contributed by atoms with van der Waals surface area (Å²) in [5.74, 6) is 0.985. The predicted octanol–water partition coefficient (Wildman–Crippen LogP) is 0.922. The summed E-state index contributed by atoms with van der Waals surface area (Å²) in [5, 5.41) is 2.81. The van der Waals surface area contributed by atoms with Crippen molar-refractivity contribution in [2.24, 2.45) is 5.73 Å². The molecule has 0 rings (SSSR count). The monoisotopic (exact) mass is 220 g/mol. The molecular formula is C8H16N2OS2. The molecule has 0 aromatic heterocycles. The van der Waals surface area contributed by atoms with E-state index in [2.05, 4.69) is 5.32 Å². The lowest BCUT2D eigenvalue weighted by Gasteiger charge is -2.03. The molecule has 0 radical (unpaired) electrons. The molecule has 0 aliphatic rings. The molecular weight excluding hydrogens is 204 g/mol. The molecule has 76 valence electrons. The van der Waals surface area contributed by atoms with Gasteiger partial charge in [-0.25, -0.2) is 0 Å². The summed E-state index contributed by atoms with van der Waals surface area (Å²) >= 11 is 6.38. The average Bonchev–Trinajstić information content (AvgIpc) is 2.08. The van der Waals surface area contributed by atoms with E-state index in [4.69, 9.17) is 18.0 Å². The Kier molecular flexibility index (Phi) is 8.13. The minimum Gasteiger partial charge on any atom is -0.393 e. The molecule has 0 saturated heterocycles. The molecule has 5 heteroatoms. The summed E-state index contributed by atoms with van der Waals surface area (Å²) in [4.78, 5) is 11.6. The third-order valence-electron chi connectivity index (χ3n) is 1.46. The molecule has 0 atom stereocenters. The van der Waals surface area contributed by atoms with Crippen LogP contribution < -0.4 is 11.1 Å². The molecule has 1 amide bonds. The first-order valence-electron chi connectivity index (χ1n) is 4.20. The van der Waals surface area contributed by atoms with Crippen molar-refractivity contribution in [1.82, 2.24) is 5.32 Å². The number of carbonyl (C=O) groups is 1. The van der Waals surface area contributed by atoms with Crippen molar-refractivity contribution in [3.05, 3.63) is 0 Å². The SMILES string of the molecule is CSCCC(=O)NCCCC(N)=S. The van der Waals surface area contributed by atoms with Gasteiger partial charge in [0.2, 0.25) is 5.91 Å². The van der Waals surface area contributed by atoms with Crippen LogP contribution in [0, 0.1) is 0 Å². The number of thioether (sulfide) groups is 1. The Morgan fingerprint density at radius 3 is 2.77 bits per heavy atom. The molecule has 0 aromatic carbocycles. The number of carbonyl (C=O) groups excluding carboxylic acids is 1. The van der Waals surface area contributed by atoms with Crippen LogP contribution >= 0.6 is 24.0 Å². The lowest BCUT2D eigenvalue weighted by atomic mass is 10.3. The van der Waals surface area contributed by atoms with Gasteiger partial charge in [0.1, 0.15) is 0 Å². The zero-order valence-electron chi connectivity index (χ0n) is 7.84. The van der Waals surface area contributed by atoms with Gasteiger partial charge in [-0.2, -0.15) is 11.8 Å². The molecule has 0 fully saturated rings. The lowest BCUT2D eigenvalue weighted by molar-refractivity contribution is -0.120. The topological polar surface area (TPSA) is 55.1 Å². The van der Waals surface area contributed by atoms with Crippen molar-refractivity contribution in [1.29, 1.82) is 0 Å². The van der Waals surface area contributed by atoms with Crippen molar-refractivity contribution in [3.63, 3.8) is 0 Å². The van der Waals surface area contributed by atoms with Gasteiger partial charge < -0.3 is 11.1 Å². The molecule has 0 heterocycles. The first-order valence-corrected chi connectivity index (χ1v) is 6.01. The number of hydrogen-bond acceptors (Lipinski definition) is 3. The van der Waals surface area contributed by atoms with Gasteiger partial charge in [-0.05, 0) is 19.1 Å². The van der Waals surface area contributed by atoms with Gasteiger partial charge in [0.05, 0.1) is 4.99 Å². The summed E-state index contributed by atoms with van der Waals surface area (Å²) in [6, 6.07) is 0. The summed E-state index contributed by atoms with van der Waals surface area (Å²) in [6.45, 7) is 0.671. The zero-order chi connectivity index (χ0) is 10.1. The predicted molar refractivity (Wildman–Crippen MR) is 62.0 cm³/mol. The van der Waals surface area contributed by atoms with E-state index in [0.717, 1.165) is 12.2 Å². The van der Waals surface area contributed by atoms with E-state index in [0.29, 0.717) is 24.4 Å². The second-order valence-corrected chi connectivity index (χ2v) is 4.17. The fourth-order valence-corrected chi connectivity index (χ4v) is 1.31. The number of thiocarbonyl (C=S) groups is 1. The van der Waals surface area contributed by atoms with Gasteiger partial charge in [-0.1, -0.05) is 12.2 Å². The number of nitrogens with one attached hydrogen (secondary N) is 1.